The van der Waals surface area contributed by atoms with Gasteiger partial charge in [0, 0.05) is 12.5 Å². The van der Waals surface area contributed by atoms with E-state index in [1.807, 2.05) is 13.8 Å². The van der Waals surface area contributed by atoms with Crippen molar-refractivity contribution in [2.24, 2.45) is 11.1 Å². The highest BCUT2D eigenvalue weighted by atomic mass is 16.4. The molecule has 0 radical (unpaired) electrons. The number of aliphatic carboxylic acids is 1. The number of hydrogen-bond acceptors (Lipinski definition) is 3. The van der Waals surface area contributed by atoms with Crippen LogP contribution in [-0.2, 0) is 9.59 Å². The lowest BCUT2D eigenvalue weighted by Crippen LogP contribution is -2.47. The van der Waals surface area contributed by atoms with Gasteiger partial charge in [-0.05, 0) is 18.3 Å². The molecule has 2 atom stereocenters. The molecule has 1 rings (SSSR count). The average molecular weight is 257 g/mol. The summed E-state index contributed by atoms with van der Waals surface area (Å²) >= 11 is 0. The quantitative estimate of drug-likeness (QED) is 0.526. The van der Waals surface area contributed by atoms with E-state index in [1.165, 1.54) is 0 Å². The van der Waals surface area contributed by atoms with E-state index in [2.05, 4.69) is 10.6 Å². The molecule has 1 fully saturated rings. The van der Waals surface area contributed by atoms with Crippen molar-refractivity contribution in [3.8, 4) is 0 Å². The van der Waals surface area contributed by atoms with Gasteiger partial charge in [0.2, 0.25) is 5.91 Å². The van der Waals surface area contributed by atoms with Crippen molar-refractivity contribution in [1.82, 2.24) is 10.6 Å². The summed E-state index contributed by atoms with van der Waals surface area (Å²) in [7, 11) is 0. The first-order valence-electron chi connectivity index (χ1n) is 5.80. The molecule has 0 spiro atoms. The van der Waals surface area contributed by atoms with E-state index in [9.17, 15) is 14.4 Å². The largest absolute Gasteiger partial charge is 0.480 e. The van der Waals surface area contributed by atoms with Crippen LogP contribution in [-0.4, -0.2) is 35.1 Å². The van der Waals surface area contributed by atoms with Gasteiger partial charge in [-0.2, -0.15) is 0 Å². The number of carboxylic acid groups (broad SMARTS) is 1. The Morgan fingerprint density at radius 1 is 1.44 bits per heavy atom. The zero-order valence-electron chi connectivity index (χ0n) is 10.5. The van der Waals surface area contributed by atoms with Gasteiger partial charge >= 0.3 is 12.0 Å². The number of carboxylic acids is 1. The normalized spacial score (nSPS) is 21.8. The first-order chi connectivity index (χ1) is 8.22. The summed E-state index contributed by atoms with van der Waals surface area (Å²) in [5, 5.41) is 13.9. The van der Waals surface area contributed by atoms with Crippen LogP contribution in [0.3, 0.4) is 0 Å². The van der Waals surface area contributed by atoms with Crippen molar-refractivity contribution >= 4 is 17.9 Å². The van der Waals surface area contributed by atoms with Gasteiger partial charge in [-0.15, -0.1) is 0 Å². The van der Waals surface area contributed by atoms with Crippen molar-refractivity contribution in [3.05, 3.63) is 0 Å². The van der Waals surface area contributed by atoms with Gasteiger partial charge in [0.15, 0.2) is 0 Å². The predicted octanol–water partition coefficient (Wildman–Crippen LogP) is -0.197. The van der Waals surface area contributed by atoms with Crippen LogP contribution in [0, 0.1) is 5.41 Å². The van der Waals surface area contributed by atoms with Gasteiger partial charge in [0.25, 0.3) is 0 Å². The molecule has 1 aliphatic carbocycles. The van der Waals surface area contributed by atoms with Gasteiger partial charge in [0.05, 0.1) is 0 Å². The smallest absolute Gasteiger partial charge is 0.326 e. The van der Waals surface area contributed by atoms with Crippen LogP contribution >= 0.6 is 0 Å². The summed E-state index contributed by atoms with van der Waals surface area (Å²) in [5.41, 5.74) is 5.01. The van der Waals surface area contributed by atoms with Crippen LogP contribution in [0.5, 0.6) is 0 Å². The molecule has 0 bridgehead atoms. The molecule has 0 aromatic rings. The van der Waals surface area contributed by atoms with Crippen molar-refractivity contribution in [2.75, 3.05) is 0 Å². The maximum absolute atomic E-state index is 11.5. The Hall–Kier alpha value is -1.79. The minimum Gasteiger partial charge on any atom is -0.480 e. The lowest BCUT2D eigenvalue weighted by Gasteiger charge is -2.15. The van der Waals surface area contributed by atoms with Gasteiger partial charge in [0.1, 0.15) is 6.04 Å². The van der Waals surface area contributed by atoms with Gasteiger partial charge < -0.3 is 21.5 Å². The van der Waals surface area contributed by atoms with Crippen molar-refractivity contribution in [3.63, 3.8) is 0 Å². The Morgan fingerprint density at radius 3 is 2.39 bits per heavy atom. The topological polar surface area (TPSA) is 122 Å². The van der Waals surface area contributed by atoms with Crippen molar-refractivity contribution in [1.29, 1.82) is 0 Å². The highest BCUT2D eigenvalue weighted by Gasteiger charge is 2.46. The fraction of sp³-hybridized carbons (Fsp3) is 0.727. The number of carbonyl (C=O) groups is 3. The monoisotopic (exact) mass is 257 g/mol. The van der Waals surface area contributed by atoms with Crippen LogP contribution in [0.25, 0.3) is 0 Å². The summed E-state index contributed by atoms with van der Waals surface area (Å²) in [4.78, 5) is 33.0. The van der Waals surface area contributed by atoms with Crippen LogP contribution in [0.1, 0.15) is 33.1 Å². The molecule has 0 saturated heterocycles. The number of hydrogen-bond donors (Lipinski definition) is 4. The number of amides is 3. The Labute approximate surface area is 105 Å². The molecule has 1 aliphatic rings. The molecule has 0 heterocycles. The van der Waals surface area contributed by atoms with Crippen LogP contribution in [0.4, 0.5) is 4.79 Å². The van der Waals surface area contributed by atoms with E-state index in [-0.39, 0.29) is 24.3 Å². The second-order valence-electron chi connectivity index (χ2n) is 5.26. The third-order valence-corrected chi connectivity index (χ3v) is 3.10. The second kappa shape index (κ2) is 5.24. The maximum Gasteiger partial charge on any atom is 0.326 e. The number of nitrogens with two attached hydrogens (primary N) is 1. The highest BCUT2D eigenvalue weighted by Crippen LogP contribution is 2.44. The number of primary amides is 1. The fourth-order valence-corrected chi connectivity index (χ4v) is 1.62. The molecule has 7 nitrogen and oxygen atoms in total. The molecule has 0 aliphatic heterocycles. The van der Waals surface area contributed by atoms with Crippen molar-refractivity contribution < 1.29 is 19.5 Å². The van der Waals surface area contributed by atoms with Gasteiger partial charge in [-0.25, -0.2) is 9.59 Å². The minimum atomic E-state index is -1.18. The van der Waals surface area contributed by atoms with Crippen LogP contribution in [0.2, 0.25) is 0 Å². The zero-order chi connectivity index (χ0) is 13.9. The molecular weight excluding hydrogens is 238 g/mol. The Kier molecular flexibility index (Phi) is 4.15. The average Bonchev–Trinajstić information content (AvgIpc) is 2.79. The Balaban J connectivity index is 2.38. The minimum absolute atomic E-state index is 0.00779. The maximum atomic E-state index is 11.5. The molecule has 1 saturated carbocycles. The van der Waals surface area contributed by atoms with E-state index < -0.39 is 23.9 Å². The SMILES string of the molecule is CC1(C)CC1NC(=O)N[C@H](CCC(N)=O)C(=O)O. The molecular formula is C11H19N3O4. The molecule has 5 N–H and O–H groups in total. The summed E-state index contributed by atoms with van der Waals surface area (Å²) < 4.78 is 0. The third-order valence-electron chi connectivity index (χ3n) is 3.10. The zero-order valence-corrected chi connectivity index (χ0v) is 10.5. The second-order valence-corrected chi connectivity index (χ2v) is 5.26. The fourth-order valence-electron chi connectivity index (χ4n) is 1.62. The van der Waals surface area contributed by atoms with Crippen molar-refractivity contribution in [2.45, 2.75) is 45.2 Å². The lowest BCUT2D eigenvalue weighted by molar-refractivity contribution is -0.139. The molecule has 0 aromatic heterocycles. The number of nitrogens with one attached hydrogen (secondary N) is 2. The summed E-state index contributed by atoms with van der Waals surface area (Å²) in [5.74, 6) is -1.77. The van der Waals surface area contributed by atoms with Crippen LogP contribution in [0.15, 0.2) is 0 Å². The summed E-state index contributed by atoms with van der Waals surface area (Å²) in [6.07, 6.45) is 0.789. The summed E-state index contributed by atoms with van der Waals surface area (Å²) in [6, 6.07) is -1.55. The molecule has 18 heavy (non-hydrogen) atoms. The number of carbonyl (C=O) groups excluding carboxylic acids is 2. The van der Waals surface area contributed by atoms with Gasteiger partial charge in [-0.1, -0.05) is 13.8 Å². The first kappa shape index (κ1) is 14.3. The lowest BCUT2D eigenvalue weighted by atomic mass is 10.1. The van der Waals surface area contributed by atoms with E-state index in [0.29, 0.717) is 0 Å². The molecule has 3 amide bonds. The predicted molar refractivity (Wildman–Crippen MR) is 63.7 cm³/mol. The molecule has 0 aromatic carbocycles. The highest BCUT2D eigenvalue weighted by molar-refractivity contribution is 5.83. The number of rotatable bonds is 6. The Morgan fingerprint density at radius 2 is 2.00 bits per heavy atom. The van der Waals surface area contributed by atoms with E-state index in [0.717, 1.165) is 6.42 Å². The number of urea groups is 1. The van der Waals surface area contributed by atoms with E-state index in [4.69, 9.17) is 10.8 Å². The van der Waals surface area contributed by atoms with Crippen LogP contribution < -0.4 is 16.4 Å². The molecule has 1 unspecified atom stereocenters. The third kappa shape index (κ3) is 4.23. The standard InChI is InChI=1S/C11H19N3O4/c1-11(2)5-7(11)14-10(18)13-6(9(16)17)3-4-8(12)15/h6-7H,3-5H2,1-2H3,(H2,12,15)(H,16,17)(H2,13,14,18)/t6-,7?/m1/s1. The first-order valence-corrected chi connectivity index (χ1v) is 5.80. The molecule has 102 valence electrons. The molecule has 7 heteroatoms. The van der Waals surface area contributed by atoms with E-state index >= 15 is 0 Å². The van der Waals surface area contributed by atoms with Gasteiger partial charge in [-0.3, -0.25) is 4.79 Å². The Bertz CT molecular complexity index is 367. The van der Waals surface area contributed by atoms with E-state index in [1.54, 1.807) is 0 Å². The summed E-state index contributed by atoms with van der Waals surface area (Å²) in [6.45, 7) is 4.03.